The summed E-state index contributed by atoms with van der Waals surface area (Å²) < 4.78 is 33.9. The van der Waals surface area contributed by atoms with E-state index in [0.717, 1.165) is 15.6 Å². The molecule has 0 heterocycles. The zero-order valence-electron chi connectivity index (χ0n) is 17.7. The van der Waals surface area contributed by atoms with Gasteiger partial charge in [0.25, 0.3) is 0 Å². The lowest BCUT2D eigenvalue weighted by Crippen LogP contribution is -2.41. The lowest BCUT2D eigenvalue weighted by molar-refractivity contribution is -0.121. The van der Waals surface area contributed by atoms with Gasteiger partial charge in [-0.3, -0.25) is 4.79 Å². The first-order valence-corrected chi connectivity index (χ1v) is 12.3. The molecule has 0 spiro atoms. The van der Waals surface area contributed by atoms with Crippen LogP contribution in [0.2, 0.25) is 0 Å². The van der Waals surface area contributed by atoms with Gasteiger partial charge in [0, 0.05) is 23.1 Å². The van der Waals surface area contributed by atoms with Gasteiger partial charge in [0.2, 0.25) is 15.9 Å². The van der Waals surface area contributed by atoms with Crippen LogP contribution in [0.4, 0.5) is 0 Å². The molecule has 0 aliphatic carbocycles. The summed E-state index contributed by atoms with van der Waals surface area (Å²) in [5, 5.41) is 2.80. The van der Waals surface area contributed by atoms with E-state index in [-0.39, 0.29) is 30.4 Å². The van der Waals surface area contributed by atoms with Crippen molar-refractivity contribution in [2.75, 3.05) is 20.2 Å². The third-order valence-corrected chi connectivity index (χ3v) is 7.32. The predicted molar refractivity (Wildman–Crippen MR) is 128 cm³/mol. The number of hydrogen-bond acceptors (Lipinski definition) is 4. The Balaban J connectivity index is 1.75. The maximum Gasteiger partial charge on any atom is 0.243 e. The zero-order chi connectivity index (χ0) is 23.0. The van der Waals surface area contributed by atoms with E-state index in [1.165, 1.54) is 16.4 Å². The Morgan fingerprint density at radius 2 is 1.62 bits per heavy atom. The Labute approximate surface area is 197 Å². The Kier molecular flexibility index (Phi) is 8.44. The van der Waals surface area contributed by atoms with E-state index in [2.05, 4.69) is 21.2 Å². The number of amides is 1. The topological polar surface area (TPSA) is 75.7 Å². The Bertz CT molecular complexity index is 1140. The number of halogens is 1. The van der Waals surface area contributed by atoms with Crippen molar-refractivity contribution < 1.29 is 17.9 Å². The van der Waals surface area contributed by atoms with Crippen molar-refractivity contribution in [2.45, 2.75) is 17.9 Å². The number of methoxy groups -OCH3 is 1. The van der Waals surface area contributed by atoms with E-state index in [0.29, 0.717) is 12.2 Å². The number of rotatable bonds is 10. The number of carbonyl (C=O) groups is 1. The van der Waals surface area contributed by atoms with Crippen LogP contribution in [0.3, 0.4) is 0 Å². The summed E-state index contributed by atoms with van der Waals surface area (Å²) in [5.74, 6) is 0.279. The number of carbonyl (C=O) groups excluding carboxylic acids is 1. The smallest absolute Gasteiger partial charge is 0.243 e. The predicted octanol–water partition coefficient (Wildman–Crippen LogP) is 4.01. The fourth-order valence-corrected chi connectivity index (χ4v) is 4.86. The van der Waals surface area contributed by atoms with Crippen LogP contribution in [0.1, 0.15) is 11.1 Å². The number of sulfonamides is 1. The van der Waals surface area contributed by atoms with Crippen molar-refractivity contribution in [2.24, 2.45) is 0 Å². The third-order valence-electron chi connectivity index (χ3n) is 4.93. The molecule has 3 rings (SSSR count). The molecular formula is C24H25BrN2O4S. The van der Waals surface area contributed by atoms with Gasteiger partial charge >= 0.3 is 0 Å². The van der Waals surface area contributed by atoms with E-state index in [4.69, 9.17) is 4.74 Å². The zero-order valence-corrected chi connectivity index (χ0v) is 20.1. The van der Waals surface area contributed by atoms with Gasteiger partial charge in [-0.1, -0.05) is 64.5 Å². The molecule has 32 heavy (non-hydrogen) atoms. The summed E-state index contributed by atoms with van der Waals surface area (Å²) in [6, 6.07) is 23.4. The summed E-state index contributed by atoms with van der Waals surface area (Å²) >= 11 is 3.32. The van der Waals surface area contributed by atoms with Crippen LogP contribution in [0.25, 0.3) is 0 Å². The average Bonchev–Trinajstić information content (AvgIpc) is 2.81. The van der Waals surface area contributed by atoms with E-state index in [9.17, 15) is 13.2 Å². The first-order valence-electron chi connectivity index (χ1n) is 10.1. The highest BCUT2D eigenvalue weighted by molar-refractivity contribution is 9.10. The van der Waals surface area contributed by atoms with Crippen molar-refractivity contribution in [1.82, 2.24) is 9.62 Å². The van der Waals surface area contributed by atoms with Crippen LogP contribution in [-0.4, -0.2) is 38.8 Å². The van der Waals surface area contributed by atoms with Gasteiger partial charge in [-0.2, -0.15) is 4.31 Å². The molecule has 0 saturated heterocycles. The van der Waals surface area contributed by atoms with Gasteiger partial charge in [0.15, 0.2) is 0 Å². The molecule has 0 atom stereocenters. The normalized spacial score (nSPS) is 11.3. The van der Waals surface area contributed by atoms with E-state index in [1.54, 1.807) is 19.2 Å². The maximum absolute atomic E-state index is 13.3. The first-order chi connectivity index (χ1) is 15.4. The lowest BCUT2D eigenvalue weighted by Gasteiger charge is -2.22. The molecule has 0 fully saturated rings. The molecule has 1 N–H and O–H groups in total. The quantitative estimate of drug-likeness (QED) is 0.441. The van der Waals surface area contributed by atoms with E-state index in [1.807, 2.05) is 54.6 Å². The molecule has 0 aliphatic heterocycles. The van der Waals surface area contributed by atoms with E-state index >= 15 is 0 Å². The SMILES string of the molecule is COc1ccccc1CNC(=O)CN(CCc1ccccc1)S(=O)(=O)c1ccc(Br)cc1. The fourth-order valence-electron chi connectivity index (χ4n) is 3.20. The average molecular weight is 517 g/mol. The van der Waals surface area contributed by atoms with Crippen molar-refractivity contribution in [3.63, 3.8) is 0 Å². The molecule has 0 unspecified atom stereocenters. The number of nitrogens with one attached hydrogen (secondary N) is 1. The van der Waals surface area contributed by atoms with Crippen molar-refractivity contribution in [1.29, 1.82) is 0 Å². The van der Waals surface area contributed by atoms with Crippen LogP contribution >= 0.6 is 15.9 Å². The summed E-state index contributed by atoms with van der Waals surface area (Å²) in [6.07, 6.45) is 0.496. The number of nitrogens with zero attached hydrogens (tertiary/aromatic N) is 1. The molecular weight excluding hydrogens is 492 g/mol. The van der Waals surface area contributed by atoms with Crippen LogP contribution in [0, 0.1) is 0 Å². The Morgan fingerprint density at radius 3 is 2.31 bits per heavy atom. The summed E-state index contributed by atoms with van der Waals surface area (Å²) in [7, 11) is -2.29. The third kappa shape index (κ3) is 6.41. The van der Waals surface area contributed by atoms with Gasteiger partial charge in [-0.15, -0.1) is 0 Å². The monoisotopic (exact) mass is 516 g/mol. The van der Waals surface area contributed by atoms with Crippen LogP contribution < -0.4 is 10.1 Å². The number of hydrogen-bond donors (Lipinski definition) is 1. The molecule has 6 nitrogen and oxygen atoms in total. The van der Waals surface area contributed by atoms with Gasteiger partial charge in [-0.25, -0.2) is 8.42 Å². The van der Waals surface area contributed by atoms with Crippen molar-refractivity contribution >= 4 is 31.9 Å². The second-order valence-corrected chi connectivity index (χ2v) is 9.97. The van der Waals surface area contributed by atoms with E-state index < -0.39 is 10.0 Å². The van der Waals surface area contributed by atoms with Crippen LogP contribution in [0.5, 0.6) is 5.75 Å². The Hall–Kier alpha value is -2.68. The molecule has 0 aliphatic rings. The number of benzene rings is 3. The second-order valence-electron chi connectivity index (χ2n) is 7.12. The highest BCUT2D eigenvalue weighted by Crippen LogP contribution is 2.20. The first kappa shape index (κ1) is 24.0. The van der Waals surface area contributed by atoms with Gasteiger partial charge in [-0.05, 0) is 42.3 Å². The van der Waals surface area contributed by atoms with Gasteiger partial charge in [0.1, 0.15) is 5.75 Å². The largest absolute Gasteiger partial charge is 0.496 e. The molecule has 3 aromatic rings. The summed E-state index contributed by atoms with van der Waals surface area (Å²) in [4.78, 5) is 12.8. The molecule has 0 radical (unpaired) electrons. The summed E-state index contributed by atoms with van der Waals surface area (Å²) in [6.45, 7) is 0.151. The number of ether oxygens (including phenoxy) is 1. The van der Waals surface area contributed by atoms with Gasteiger partial charge < -0.3 is 10.1 Å². The molecule has 1 amide bonds. The molecule has 0 saturated carbocycles. The summed E-state index contributed by atoms with van der Waals surface area (Å²) in [5.41, 5.74) is 1.81. The minimum atomic E-state index is -3.85. The van der Waals surface area contributed by atoms with Crippen molar-refractivity contribution in [3.05, 3.63) is 94.5 Å². The molecule has 0 aromatic heterocycles. The lowest BCUT2D eigenvalue weighted by atomic mass is 10.1. The highest BCUT2D eigenvalue weighted by Gasteiger charge is 2.26. The van der Waals surface area contributed by atoms with Crippen LogP contribution in [-0.2, 0) is 27.8 Å². The highest BCUT2D eigenvalue weighted by atomic mass is 79.9. The van der Waals surface area contributed by atoms with Crippen molar-refractivity contribution in [3.8, 4) is 5.75 Å². The Morgan fingerprint density at radius 1 is 0.969 bits per heavy atom. The molecule has 0 bridgehead atoms. The van der Waals surface area contributed by atoms with Gasteiger partial charge in [0.05, 0.1) is 18.6 Å². The second kappa shape index (κ2) is 11.3. The maximum atomic E-state index is 13.3. The minimum absolute atomic E-state index is 0.145. The molecule has 3 aromatic carbocycles. The minimum Gasteiger partial charge on any atom is -0.496 e. The molecule has 8 heteroatoms. The standard InChI is InChI=1S/C24H25BrN2O4S/c1-31-23-10-6-5-9-20(23)17-26-24(28)18-27(16-15-19-7-3-2-4-8-19)32(29,30)22-13-11-21(25)12-14-22/h2-14H,15-18H2,1H3,(H,26,28). The number of para-hydroxylation sites is 1. The fraction of sp³-hybridized carbons (Fsp3) is 0.208. The molecule has 168 valence electrons. The van der Waals surface area contributed by atoms with Crippen LogP contribution in [0.15, 0.2) is 88.2 Å².